The largest absolute Gasteiger partial charge is 0.487 e. The highest BCUT2D eigenvalue weighted by molar-refractivity contribution is 6.31. The first-order chi connectivity index (χ1) is 14.8. The third kappa shape index (κ3) is 3.74. The molecule has 5 rings (SSSR count). The highest BCUT2D eigenvalue weighted by atomic mass is 35.5. The topological polar surface area (TPSA) is 57.9 Å². The number of aliphatic hydroxyl groups excluding tert-OH is 2. The van der Waals surface area contributed by atoms with Crippen molar-refractivity contribution >= 4 is 22.5 Å². The molecule has 0 radical (unpaired) electrons. The maximum absolute atomic E-state index is 11.0. The Balaban J connectivity index is 1.28. The number of β-amino-alcohol motifs (C(OH)–C–C–N with tert-alkyl or cyclic N) is 1. The quantitative estimate of drug-likeness (QED) is 0.628. The fourth-order valence-corrected chi connectivity index (χ4v) is 5.36. The molecule has 2 N–H and O–H groups in total. The molecular weight excluding hydrogens is 412 g/mol. The van der Waals surface area contributed by atoms with Gasteiger partial charge in [0.15, 0.2) is 0 Å². The lowest BCUT2D eigenvalue weighted by Gasteiger charge is -2.46. The number of benzene rings is 2. The Kier molecular flexibility index (Phi) is 5.25. The maximum Gasteiger partial charge on any atom is 0.126 e. The van der Waals surface area contributed by atoms with E-state index >= 15 is 0 Å². The molecule has 1 spiro atoms. The molecular formula is C25H29ClN2O3. The molecule has 164 valence electrons. The second-order valence-electron chi connectivity index (χ2n) is 9.17. The van der Waals surface area contributed by atoms with Crippen molar-refractivity contribution in [2.24, 2.45) is 7.05 Å². The van der Waals surface area contributed by atoms with E-state index in [1.165, 1.54) is 0 Å². The minimum absolute atomic E-state index is 0.354. The van der Waals surface area contributed by atoms with Gasteiger partial charge >= 0.3 is 0 Å². The summed E-state index contributed by atoms with van der Waals surface area (Å²) in [5.74, 6) is 0.755. The SMILES string of the molecule is Cc1cc2c(cc1Cl)[C@@H](O)CC1(CCN(C[C@@H](O)c3cn(C)c4ccccc34)CC1)O2. The lowest BCUT2D eigenvalue weighted by molar-refractivity contribution is -0.0587. The van der Waals surface area contributed by atoms with Gasteiger partial charge < -0.3 is 24.4 Å². The van der Waals surface area contributed by atoms with Crippen LogP contribution in [0.4, 0.5) is 0 Å². The normalized spacial score (nSPS) is 21.8. The van der Waals surface area contributed by atoms with Crippen LogP contribution < -0.4 is 4.74 Å². The fourth-order valence-electron chi connectivity index (χ4n) is 5.19. The zero-order valence-corrected chi connectivity index (χ0v) is 18.8. The highest BCUT2D eigenvalue weighted by Crippen LogP contribution is 2.46. The number of ether oxygens (including phenoxy) is 1. The summed E-state index contributed by atoms with van der Waals surface area (Å²) in [6.07, 6.45) is 3.17. The van der Waals surface area contributed by atoms with Gasteiger partial charge in [0, 0.05) is 66.4 Å². The van der Waals surface area contributed by atoms with Crippen molar-refractivity contribution in [1.29, 1.82) is 0 Å². The van der Waals surface area contributed by atoms with E-state index in [9.17, 15) is 10.2 Å². The molecule has 1 fully saturated rings. The van der Waals surface area contributed by atoms with Gasteiger partial charge in [-0.2, -0.15) is 0 Å². The number of nitrogens with zero attached hydrogens (tertiary/aromatic N) is 2. The Morgan fingerprint density at radius 2 is 1.97 bits per heavy atom. The molecule has 0 unspecified atom stereocenters. The van der Waals surface area contributed by atoms with Crippen molar-refractivity contribution in [2.75, 3.05) is 19.6 Å². The van der Waals surface area contributed by atoms with E-state index in [1.54, 1.807) is 0 Å². The number of halogens is 1. The van der Waals surface area contributed by atoms with Crippen molar-refractivity contribution in [2.45, 2.75) is 44.0 Å². The summed E-state index contributed by atoms with van der Waals surface area (Å²) >= 11 is 6.25. The van der Waals surface area contributed by atoms with Gasteiger partial charge in [0.1, 0.15) is 11.4 Å². The third-order valence-electron chi connectivity index (χ3n) is 7.03. The van der Waals surface area contributed by atoms with Crippen LogP contribution in [-0.4, -0.2) is 44.9 Å². The Bertz CT molecular complexity index is 1120. The molecule has 0 bridgehead atoms. The van der Waals surface area contributed by atoms with Gasteiger partial charge in [-0.15, -0.1) is 0 Å². The molecule has 0 saturated carbocycles. The Morgan fingerprint density at radius 3 is 2.74 bits per heavy atom. The van der Waals surface area contributed by atoms with Gasteiger partial charge in [-0.1, -0.05) is 29.8 Å². The summed E-state index contributed by atoms with van der Waals surface area (Å²) in [6.45, 7) is 4.21. The summed E-state index contributed by atoms with van der Waals surface area (Å²) in [5.41, 5.74) is 3.50. The smallest absolute Gasteiger partial charge is 0.126 e. The van der Waals surface area contributed by atoms with Gasteiger partial charge in [-0.25, -0.2) is 0 Å². The van der Waals surface area contributed by atoms with Crippen LogP contribution in [0.25, 0.3) is 10.9 Å². The molecule has 2 aromatic carbocycles. The second-order valence-corrected chi connectivity index (χ2v) is 9.58. The third-order valence-corrected chi connectivity index (χ3v) is 7.43. The van der Waals surface area contributed by atoms with E-state index in [2.05, 4.69) is 21.6 Å². The molecule has 1 saturated heterocycles. The molecule has 5 nitrogen and oxygen atoms in total. The molecule has 2 aliphatic heterocycles. The highest BCUT2D eigenvalue weighted by Gasteiger charge is 2.43. The molecule has 0 amide bonds. The average molecular weight is 441 g/mol. The maximum atomic E-state index is 11.0. The lowest BCUT2D eigenvalue weighted by atomic mass is 9.81. The van der Waals surface area contributed by atoms with Gasteiger partial charge in [-0.05, 0) is 43.5 Å². The molecule has 3 aromatic rings. The van der Waals surface area contributed by atoms with E-state index < -0.39 is 12.2 Å². The van der Waals surface area contributed by atoms with Crippen molar-refractivity contribution in [1.82, 2.24) is 9.47 Å². The molecule has 31 heavy (non-hydrogen) atoms. The fraction of sp³-hybridized carbons (Fsp3) is 0.440. The standard InChI is InChI=1S/C25H29ClN2O3/c1-16-11-24-18(12-20(16)26)22(29)13-25(31-24)7-9-28(10-8-25)15-23(30)19-14-27(2)21-6-4-3-5-17(19)21/h3-6,11-12,14,22-23,29-30H,7-10,13,15H2,1-2H3/t22-,23+/m0/s1. The second kappa shape index (κ2) is 7.82. The number of likely N-dealkylation sites (tertiary alicyclic amines) is 1. The Morgan fingerprint density at radius 1 is 1.23 bits per heavy atom. The molecule has 0 aliphatic carbocycles. The summed E-state index contributed by atoms with van der Waals surface area (Å²) in [6, 6.07) is 12.0. The number of para-hydroxylation sites is 1. The number of piperidine rings is 1. The molecule has 6 heteroatoms. The van der Waals surface area contributed by atoms with Gasteiger partial charge in [-0.3, -0.25) is 0 Å². The van der Waals surface area contributed by atoms with Crippen LogP contribution in [0.5, 0.6) is 5.75 Å². The lowest BCUT2D eigenvalue weighted by Crippen LogP contribution is -2.51. The van der Waals surface area contributed by atoms with Crippen LogP contribution in [0, 0.1) is 6.92 Å². The monoisotopic (exact) mass is 440 g/mol. The predicted molar refractivity (Wildman–Crippen MR) is 123 cm³/mol. The molecule has 1 aromatic heterocycles. The first kappa shape index (κ1) is 20.8. The summed E-state index contributed by atoms with van der Waals surface area (Å²) in [4.78, 5) is 2.30. The number of fused-ring (bicyclic) bond motifs is 2. The zero-order valence-electron chi connectivity index (χ0n) is 18.0. The minimum atomic E-state index is -0.560. The van der Waals surface area contributed by atoms with Gasteiger partial charge in [0.2, 0.25) is 0 Å². The predicted octanol–water partition coefficient (Wildman–Crippen LogP) is 4.52. The summed E-state index contributed by atoms with van der Waals surface area (Å²) in [5, 5.41) is 23.5. The van der Waals surface area contributed by atoms with Crippen LogP contribution >= 0.6 is 11.6 Å². The van der Waals surface area contributed by atoms with Crippen LogP contribution in [0.15, 0.2) is 42.6 Å². The number of hydrogen-bond acceptors (Lipinski definition) is 4. The summed E-state index contributed by atoms with van der Waals surface area (Å²) < 4.78 is 8.53. The van der Waals surface area contributed by atoms with Crippen molar-refractivity contribution in [3.8, 4) is 5.75 Å². The van der Waals surface area contributed by atoms with Crippen molar-refractivity contribution in [3.05, 3.63) is 64.3 Å². The summed E-state index contributed by atoms with van der Waals surface area (Å²) in [7, 11) is 2.02. The van der Waals surface area contributed by atoms with E-state index in [1.807, 2.05) is 44.4 Å². The van der Waals surface area contributed by atoms with E-state index in [0.29, 0.717) is 18.0 Å². The zero-order chi connectivity index (χ0) is 21.8. The van der Waals surface area contributed by atoms with E-state index in [0.717, 1.165) is 59.3 Å². The van der Waals surface area contributed by atoms with Gasteiger partial charge in [0.05, 0.1) is 12.2 Å². The molecule has 2 atom stereocenters. The number of aliphatic hydroxyl groups is 2. The van der Waals surface area contributed by atoms with Crippen LogP contribution in [0.3, 0.4) is 0 Å². The van der Waals surface area contributed by atoms with E-state index in [4.69, 9.17) is 16.3 Å². The Labute approximate surface area is 187 Å². The van der Waals surface area contributed by atoms with E-state index in [-0.39, 0.29) is 5.60 Å². The number of aromatic nitrogens is 1. The van der Waals surface area contributed by atoms with Crippen molar-refractivity contribution < 1.29 is 14.9 Å². The molecule has 3 heterocycles. The first-order valence-electron chi connectivity index (χ1n) is 11.0. The number of hydrogen-bond donors (Lipinski definition) is 2. The van der Waals surface area contributed by atoms with Crippen molar-refractivity contribution in [3.63, 3.8) is 0 Å². The number of aryl methyl sites for hydroxylation is 2. The average Bonchev–Trinajstić information content (AvgIpc) is 3.09. The van der Waals surface area contributed by atoms with Crippen LogP contribution in [-0.2, 0) is 7.05 Å². The number of rotatable bonds is 3. The van der Waals surface area contributed by atoms with Gasteiger partial charge in [0.25, 0.3) is 0 Å². The first-order valence-corrected chi connectivity index (χ1v) is 11.3. The van der Waals surface area contributed by atoms with Crippen LogP contribution in [0.2, 0.25) is 5.02 Å². The minimum Gasteiger partial charge on any atom is -0.487 e. The Hall–Kier alpha value is -2.05. The van der Waals surface area contributed by atoms with Crippen LogP contribution in [0.1, 0.15) is 48.2 Å². The molecule has 2 aliphatic rings.